The Labute approximate surface area is 181 Å². The maximum Gasteiger partial charge on any atom is 0.192 e. The molecule has 0 aliphatic rings. The topological polar surface area (TPSA) is 66.2 Å². The highest BCUT2D eigenvalue weighted by atomic mass is 32.2. The summed E-state index contributed by atoms with van der Waals surface area (Å²) < 4.78 is 12.8. The molecule has 3 rings (SSSR count). The van der Waals surface area contributed by atoms with Crippen molar-refractivity contribution in [3.63, 3.8) is 0 Å². The summed E-state index contributed by atoms with van der Waals surface area (Å²) in [6.07, 6.45) is 0. The van der Waals surface area contributed by atoms with Crippen LogP contribution >= 0.6 is 11.8 Å². The predicted molar refractivity (Wildman–Crippen MR) is 120 cm³/mol. The van der Waals surface area contributed by atoms with Crippen molar-refractivity contribution < 1.29 is 14.3 Å². The van der Waals surface area contributed by atoms with Gasteiger partial charge in [0.2, 0.25) is 0 Å². The van der Waals surface area contributed by atoms with E-state index in [9.17, 15) is 4.79 Å². The number of hydrogen-bond donors (Lipinski definition) is 0. The van der Waals surface area contributed by atoms with Crippen molar-refractivity contribution in [1.82, 2.24) is 14.8 Å². The zero-order valence-electron chi connectivity index (χ0n) is 18.0. The molecule has 1 aromatic heterocycles. The molecule has 0 saturated carbocycles. The Bertz CT molecular complexity index is 982. The number of methoxy groups -OCH3 is 1. The van der Waals surface area contributed by atoms with E-state index in [1.807, 2.05) is 50.2 Å². The van der Waals surface area contributed by atoms with Crippen LogP contribution in [-0.2, 0) is 0 Å². The molecule has 3 aromatic rings. The lowest BCUT2D eigenvalue weighted by Gasteiger charge is -2.16. The van der Waals surface area contributed by atoms with E-state index in [1.165, 1.54) is 11.8 Å². The van der Waals surface area contributed by atoms with Crippen LogP contribution in [0.1, 0.15) is 44.1 Å². The SMILES string of the molecule is CCOc1ccc(C(=O)[C@H](C)Sc2nnc(-c3ccc(OC)cc3)n2C(C)C)cc1. The molecule has 0 radical (unpaired) electrons. The number of carbonyl (C=O) groups excluding carboxylic acids is 1. The summed E-state index contributed by atoms with van der Waals surface area (Å²) >= 11 is 1.42. The molecule has 0 bridgehead atoms. The zero-order chi connectivity index (χ0) is 21.7. The van der Waals surface area contributed by atoms with E-state index >= 15 is 0 Å². The molecule has 0 aliphatic heterocycles. The summed E-state index contributed by atoms with van der Waals surface area (Å²) in [5.41, 5.74) is 1.61. The van der Waals surface area contributed by atoms with Crippen LogP contribution in [0.4, 0.5) is 0 Å². The number of rotatable bonds is 9. The van der Waals surface area contributed by atoms with Crippen molar-refractivity contribution in [3.05, 3.63) is 54.1 Å². The van der Waals surface area contributed by atoms with Gasteiger partial charge in [0.05, 0.1) is 19.0 Å². The van der Waals surface area contributed by atoms with Crippen LogP contribution in [0.15, 0.2) is 53.7 Å². The van der Waals surface area contributed by atoms with Crippen LogP contribution in [0.3, 0.4) is 0 Å². The summed E-state index contributed by atoms with van der Waals surface area (Å²) in [5.74, 6) is 2.37. The largest absolute Gasteiger partial charge is 0.497 e. The van der Waals surface area contributed by atoms with Crippen molar-refractivity contribution in [2.75, 3.05) is 13.7 Å². The average molecular weight is 426 g/mol. The smallest absolute Gasteiger partial charge is 0.192 e. The highest BCUT2D eigenvalue weighted by Crippen LogP contribution is 2.31. The first kappa shape index (κ1) is 21.9. The Morgan fingerprint density at radius 1 is 1.00 bits per heavy atom. The molecule has 0 aliphatic carbocycles. The molecule has 0 spiro atoms. The van der Waals surface area contributed by atoms with Gasteiger partial charge in [-0.1, -0.05) is 11.8 Å². The second kappa shape index (κ2) is 9.80. The van der Waals surface area contributed by atoms with Crippen molar-refractivity contribution >= 4 is 17.5 Å². The Morgan fingerprint density at radius 3 is 2.20 bits per heavy atom. The average Bonchev–Trinajstić information content (AvgIpc) is 3.17. The summed E-state index contributed by atoms with van der Waals surface area (Å²) in [4.78, 5) is 12.9. The summed E-state index contributed by atoms with van der Waals surface area (Å²) in [5, 5.41) is 9.21. The maximum absolute atomic E-state index is 12.9. The quantitative estimate of drug-likeness (QED) is 0.342. The van der Waals surface area contributed by atoms with Gasteiger partial charge in [0.1, 0.15) is 11.5 Å². The first-order valence-corrected chi connectivity index (χ1v) is 10.9. The van der Waals surface area contributed by atoms with Gasteiger partial charge in [-0.15, -0.1) is 10.2 Å². The van der Waals surface area contributed by atoms with E-state index in [-0.39, 0.29) is 17.1 Å². The van der Waals surface area contributed by atoms with E-state index in [0.29, 0.717) is 12.2 Å². The molecule has 6 nitrogen and oxygen atoms in total. The van der Waals surface area contributed by atoms with Crippen molar-refractivity contribution in [2.45, 2.75) is 44.1 Å². The van der Waals surface area contributed by atoms with Gasteiger partial charge >= 0.3 is 0 Å². The minimum Gasteiger partial charge on any atom is -0.497 e. The first-order chi connectivity index (χ1) is 14.4. The fourth-order valence-corrected chi connectivity index (χ4v) is 4.15. The van der Waals surface area contributed by atoms with E-state index in [2.05, 4.69) is 28.6 Å². The van der Waals surface area contributed by atoms with E-state index in [1.54, 1.807) is 19.2 Å². The van der Waals surface area contributed by atoms with Crippen LogP contribution < -0.4 is 9.47 Å². The molecule has 0 saturated heterocycles. The highest BCUT2D eigenvalue weighted by molar-refractivity contribution is 8.00. The maximum atomic E-state index is 12.9. The molecule has 30 heavy (non-hydrogen) atoms. The zero-order valence-corrected chi connectivity index (χ0v) is 18.8. The van der Waals surface area contributed by atoms with Gasteiger partial charge in [0, 0.05) is 17.2 Å². The molecule has 1 atom stereocenters. The van der Waals surface area contributed by atoms with Gasteiger partial charge < -0.3 is 9.47 Å². The van der Waals surface area contributed by atoms with Gasteiger partial charge in [0.25, 0.3) is 0 Å². The van der Waals surface area contributed by atoms with Gasteiger partial charge in [-0.2, -0.15) is 0 Å². The molecule has 0 fully saturated rings. The number of ketones is 1. The van der Waals surface area contributed by atoms with Gasteiger partial charge in [-0.05, 0) is 76.2 Å². The fraction of sp³-hybridized carbons (Fsp3) is 0.348. The number of Topliss-reactive ketones (excluding diaryl/α,β-unsaturated/α-hetero) is 1. The minimum absolute atomic E-state index is 0.0485. The molecule has 2 aromatic carbocycles. The fourth-order valence-electron chi connectivity index (χ4n) is 3.09. The summed E-state index contributed by atoms with van der Waals surface area (Å²) in [7, 11) is 1.64. The van der Waals surface area contributed by atoms with Crippen molar-refractivity contribution in [3.8, 4) is 22.9 Å². The Hall–Kier alpha value is -2.80. The number of nitrogens with zero attached hydrogens (tertiary/aromatic N) is 3. The normalized spacial score (nSPS) is 12.1. The monoisotopic (exact) mass is 425 g/mol. The van der Waals surface area contributed by atoms with Crippen LogP contribution in [0.25, 0.3) is 11.4 Å². The van der Waals surface area contributed by atoms with Gasteiger partial charge in [-0.25, -0.2) is 0 Å². The number of thioether (sulfide) groups is 1. The molecule has 158 valence electrons. The lowest BCUT2D eigenvalue weighted by molar-refractivity contribution is 0.0993. The van der Waals surface area contributed by atoms with E-state index in [0.717, 1.165) is 28.0 Å². The molecule has 0 unspecified atom stereocenters. The summed E-state index contributed by atoms with van der Waals surface area (Å²) in [6.45, 7) is 8.60. The van der Waals surface area contributed by atoms with E-state index in [4.69, 9.17) is 9.47 Å². The highest BCUT2D eigenvalue weighted by Gasteiger charge is 2.23. The third kappa shape index (κ3) is 4.84. The number of ether oxygens (including phenoxy) is 2. The molecule has 1 heterocycles. The lowest BCUT2D eigenvalue weighted by atomic mass is 10.1. The number of benzene rings is 2. The third-order valence-electron chi connectivity index (χ3n) is 4.63. The molecular weight excluding hydrogens is 398 g/mol. The van der Waals surface area contributed by atoms with Crippen LogP contribution in [0, 0.1) is 0 Å². The van der Waals surface area contributed by atoms with Crippen molar-refractivity contribution in [2.24, 2.45) is 0 Å². The standard InChI is InChI=1S/C23H27N3O3S/c1-6-29-20-13-7-17(8-14-20)21(27)16(4)30-23-25-24-22(26(23)15(2)3)18-9-11-19(28-5)12-10-18/h7-16H,6H2,1-5H3/t16-/m0/s1. The first-order valence-electron chi connectivity index (χ1n) is 9.97. The summed E-state index contributed by atoms with van der Waals surface area (Å²) in [6, 6.07) is 15.1. The Balaban J connectivity index is 1.81. The third-order valence-corrected chi connectivity index (χ3v) is 5.69. The second-order valence-corrected chi connectivity index (χ2v) is 8.39. The van der Waals surface area contributed by atoms with Crippen LogP contribution in [-0.4, -0.2) is 39.5 Å². The van der Waals surface area contributed by atoms with E-state index < -0.39 is 0 Å². The number of carbonyl (C=O) groups is 1. The number of aromatic nitrogens is 3. The van der Waals surface area contributed by atoms with Crippen LogP contribution in [0.5, 0.6) is 11.5 Å². The van der Waals surface area contributed by atoms with Crippen LogP contribution in [0.2, 0.25) is 0 Å². The second-order valence-electron chi connectivity index (χ2n) is 7.08. The Kier molecular flexibility index (Phi) is 7.15. The predicted octanol–water partition coefficient (Wildman–Crippen LogP) is 5.30. The van der Waals surface area contributed by atoms with Crippen molar-refractivity contribution in [1.29, 1.82) is 0 Å². The molecule has 7 heteroatoms. The molecule has 0 N–H and O–H groups in total. The Morgan fingerprint density at radius 2 is 1.63 bits per heavy atom. The van der Waals surface area contributed by atoms with Gasteiger partial charge in [-0.3, -0.25) is 9.36 Å². The number of hydrogen-bond acceptors (Lipinski definition) is 6. The molecule has 0 amide bonds. The van der Waals surface area contributed by atoms with Gasteiger partial charge in [0.15, 0.2) is 16.8 Å². The molecular formula is C23H27N3O3S. The minimum atomic E-state index is -0.298. The lowest BCUT2D eigenvalue weighted by Crippen LogP contribution is -2.15.